The number of hydrogen-bond acceptors (Lipinski definition) is 6. The zero-order valence-electron chi connectivity index (χ0n) is 23.0. The fraction of sp³-hybridized carbons (Fsp3) is 0.448. The van der Waals surface area contributed by atoms with Gasteiger partial charge in [-0.15, -0.1) is 0 Å². The number of carboxylic acids is 1. The predicted octanol–water partition coefficient (Wildman–Crippen LogP) is 3.54. The second-order valence-corrected chi connectivity index (χ2v) is 10.0. The molecule has 0 radical (unpaired) electrons. The van der Waals surface area contributed by atoms with Gasteiger partial charge >= 0.3 is 12.1 Å². The molecule has 10 heteroatoms. The highest BCUT2D eigenvalue weighted by Crippen LogP contribution is 2.15. The number of amides is 3. The summed E-state index contributed by atoms with van der Waals surface area (Å²) < 4.78 is 5.19. The molecule has 3 amide bonds. The number of carbonyl (C=O) groups is 4. The number of aliphatic carboxylic acids is 1. The average molecular weight is 544 g/mol. The molecule has 0 fully saturated rings. The van der Waals surface area contributed by atoms with E-state index in [0.29, 0.717) is 18.4 Å². The number of aliphatic hydroxyl groups excluding tert-OH is 1. The third-order valence-corrected chi connectivity index (χ3v) is 5.45. The Kier molecular flexibility index (Phi) is 14.9. The van der Waals surface area contributed by atoms with Gasteiger partial charge in [0.2, 0.25) is 11.8 Å². The highest BCUT2D eigenvalue weighted by atomic mass is 16.5. The van der Waals surface area contributed by atoms with Crippen LogP contribution in [0.3, 0.4) is 0 Å². The Morgan fingerprint density at radius 3 is 1.82 bits per heavy atom. The van der Waals surface area contributed by atoms with Gasteiger partial charge in [0.15, 0.2) is 0 Å². The largest absolute Gasteiger partial charge is 0.481 e. The number of primary amides is 1. The molecule has 0 aliphatic carbocycles. The van der Waals surface area contributed by atoms with E-state index in [9.17, 15) is 24.3 Å². The number of ether oxygens (including phenoxy) is 1. The van der Waals surface area contributed by atoms with Crippen LogP contribution in [-0.2, 0) is 25.7 Å². The van der Waals surface area contributed by atoms with Gasteiger partial charge in [-0.3, -0.25) is 14.4 Å². The van der Waals surface area contributed by atoms with Gasteiger partial charge in [0.25, 0.3) is 0 Å². The Balaban J connectivity index is 0.000000525. The molecule has 0 spiro atoms. The molecule has 3 unspecified atom stereocenters. The quantitative estimate of drug-likeness (QED) is 0.257. The Morgan fingerprint density at radius 1 is 0.821 bits per heavy atom. The fourth-order valence-corrected chi connectivity index (χ4v) is 3.56. The van der Waals surface area contributed by atoms with Crippen LogP contribution in [0.2, 0.25) is 0 Å². The maximum Gasteiger partial charge on any atom is 0.408 e. The number of hydrogen-bond donors (Lipinski definition) is 5. The second-order valence-electron chi connectivity index (χ2n) is 10.0. The molecule has 214 valence electrons. The zero-order valence-corrected chi connectivity index (χ0v) is 23.0. The summed E-state index contributed by atoms with van der Waals surface area (Å²) in [6.45, 7) is 7.87. The van der Waals surface area contributed by atoms with Gasteiger partial charge in [-0.2, -0.15) is 0 Å². The summed E-state index contributed by atoms with van der Waals surface area (Å²) >= 11 is 0. The van der Waals surface area contributed by atoms with Crippen LogP contribution < -0.4 is 16.4 Å². The number of nitrogens with one attached hydrogen (secondary N) is 2. The molecular weight excluding hydrogens is 502 g/mol. The molecule has 3 atom stereocenters. The van der Waals surface area contributed by atoms with Crippen LogP contribution in [0.5, 0.6) is 0 Å². The van der Waals surface area contributed by atoms with Gasteiger partial charge in [-0.05, 0) is 35.8 Å². The number of alkyl carbamates (subject to hydrolysis) is 1. The minimum absolute atomic E-state index is 0.111. The van der Waals surface area contributed by atoms with Crippen LogP contribution >= 0.6 is 0 Å². The van der Waals surface area contributed by atoms with Gasteiger partial charge in [0.1, 0.15) is 18.7 Å². The standard InChI is InChI=1S/C20H31N3O4.C9H10O3/c1-13(2)10-16(18(21)24)22-19(25)17(11-14(3)4)23-20(26)27-12-15-8-6-5-7-9-15;10-8(6-9(11)12)7-4-2-1-3-5-7/h5-9,13-14,16-17H,10-12H2,1-4H3,(H2,21,24)(H,22,25)(H,23,26);1-5,8,10H,6H2,(H,11,12). The number of aliphatic hydroxyl groups is 1. The van der Waals surface area contributed by atoms with Crippen molar-refractivity contribution in [2.45, 2.75) is 71.8 Å². The average Bonchev–Trinajstić information content (AvgIpc) is 2.87. The van der Waals surface area contributed by atoms with E-state index in [0.717, 1.165) is 5.56 Å². The van der Waals surface area contributed by atoms with E-state index in [-0.39, 0.29) is 24.9 Å². The SMILES string of the molecule is CC(C)CC(NC(=O)C(CC(C)C)NC(=O)OCc1ccccc1)C(N)=O.O=C(O)CC(O)c1ccccc1. The first-order chi connectivity index (χ1) is 18.4. The first-order valence-corrected chi connectivity index (χ1v) is 12.9. The summed E-state index contributed by atoms with van der Waals surface area (Å²) in [7, 11) is 0. The maximum absolute atomic E-state index is 12.6. The lowest BCUT2D eigenvalue weighted by atomic mass is 10.0. The Bertz CT molecular complexity index is 1030. The smallest absolute Gasteiger partial charge is 0.408 e. The van der Waals surface area contributed by atoms with E-state index in [1.165, 1.54) is 0 Å². The van der Waals surface area contributed by atoms with Crippen molar-refractivity contribution in [1.29, 1.82) is 0 Å². The van der Waals surface area contributed by atoms with Crippen molar-refractivity contribution in [1.82, 2.24) is 10.6 Å². The van der Waals surface area contributed by atoms with Crippen molar-refractivity contribution in [3.63, 3.8) is 0 Å². The van der Waals surface area contributed by atoms with Crippen molar-refractivity contribution in [3.05, 3.63) is 71.8 Å². The van der Waals surface area contributed by atoms with E-state index in [2.05, 4.69) is 10.6 Å². The summed E-state index contributed by atoms with van der Waals surface area (Å²) in [6.07, 6.45) is -0.972. The van der Waals surface area contributed by atoms with Gasteiger partial charge in [-0.1, -0.05) is 88.4 Å². The summed E-state index contributed by atoms with van der Waals surface area (Å²) in [6, 6.07) is 16.4. The van der Waals surface area contributed by atoms with Gasteiger partial charge in [0, 0.05) is 0 Å². The van der Waals surface area contributed by atoms with Crippen LogP contribution in [0.1, 0.15) is 64.2 Å². The molecule has 39 heavy (non-hydrogen) atoms. The molecule has 0 bridgehead atoms. The summed E-state index contributed by atoms with van der Waals surface area (Å²) in [5.74, 6) is -1.68. The highest BCUT2D eigenvalue weighted by Gasteiger charge is 2.27. The third-order valence-electron chi connectivity index (χ3n) is 5.45. The van der Waals surface area contributed by atoms with Crippen molar-refractivity contribution in [2.24, 2.45) is 17.6 Å². The van der Waals surface area contributed by atoms with Gasteiger partial charge in [0.05, 0.1) is 12.5 Å². The first kappa shape index (κ1) is 33.1. The van der Waals surface area contributed by atoms with E-state index in [1.54, 1.807) is 24.3 Å². The number of carboxylic acid groups (broad SMARTS) is 1. The van der Waals surface area contributed by atoms with Crippen molar-refractivity contribution in [2.75, 3.05) is 0 Å². The molecule has 2 aromatic rings. The first-order valence-electron chi connectivity index (χ1n) is 12.9. The molecular formula is C29H41N3O7. The molecule has 10 nitrogen and oxygen atoms in total. The van der Waals surface area contributed by atoms with Crippen LogP contribution in [0, 0.1) is 11.8 Å². The van der Waals surface area contributed by atoms with Crippen LogP contribution in [-0.4, -0.2) is 46.2 Å². The number of nitrogens with two attached hydrogens (primary N) is 1. The van der Waals surface area contributed by atoms with E-state index in [1.807, 2.05) is 64.1 Å². The van der Waals surface area contributed by atoms with Crippen LogP contribution in [0.4, 0.5) is 4.79 Å². The molecule has 0 aromatic heterocycles. The lowest BCUT2D eigenvalue weighted by Gasteiger charge is -2.23. The van der Waals surface area contributed by atoms with Crippen molar-refractivity contribution in [3.8, 4) is 0 Å². The Labute approximate surface area is 229 Å². The monoisotopic (exact) mass is 543 g/mol. The van der Waals surface area contributed by atoms with E-state index >= 15 is 0 Å². The third kappa shape index (κ3) is 14.6. The second kappa shape index (κ2) is 17.6. The van der Waals surface area contributed by atoms with Crippen LogP contribution in [0.25, 0.3) is 0 Å². The molecule has 6 N–H and O–H groups in total. The predicted molar refractivity (Wildman–Crippen MR) is 147 cm³/mol. The molecule has 0 heterocycles. The number of rotatable bonds is 13. The molecule has 0 aliphatic heterocycles. The summed E-state index contributed by atoms with van der Waals surface area (Å²) in [5.41, 5.74) is 6.87. The topological polar surface area (TPSA) is 168 Å². The maximum atomic E-state index is 12.6. The lowest BCUT2D eigenvalue weighted by molar-refractivity contribution is -0.139. The number of benzene rings is 2. The summed E-state index contributed by atoms with van der Waals surface area (Å²) in [5, 5.41) is 22.9. The normalized spacial score (nSPS) is 12.9. The fourth-order valence-electron chi connectivity index (χ4n) is 3.56. The minimum Gasteiger partial charge on any atom is -0.481 e. The zero-order chi connectivity index (χ0) is 29.4. The molecule has 2 aromatic carbocycles. The Hall–Kier alpha value is -3.92. The van der Waals surface area contributed by atoms with E-state index in [4.69, 9.17) is 15.6 Å². The van der Waals surface area contributed by atoms with E-state index < -0.39 is 42.1 Å². The van der Waals surface area contributed by atoms with Gasteiger partial charge in [-0.25, -0.2) is 4.79 Å². The summed E-state index contributed by atoms with van der Waals surface area (Å²) in [4.78, 5) is 46.5. The van der Waals surface area contributed by atoms with Crippen molar-refractivity contribution >= 4 is 23.9 Å². The lowest BCUT2D eigenvalue weighted by Crippen LogP contribution is -2.53. The molecule has 0 saturated heterocycles. The molecule has 0 aliphatic rings. The molecule has 2 rings (SSSR count). The minimum atomic E-state index is -0.994. The molecule has 0 saturated carbocycles. The van der Waals surface area contributed by atoms with Crippen molar-refractivity contribution < 1.29 is 34.1 Å². The highest BCUT2D eigenvalue weighted by molar-refractivity contribution is 5.90. The number of carbonyl (C=O) groups excluding carboxylic acids is 3. The van der Waals surface area contributed by atoms with Crippen LogP contribution in [0.15, 0.2) is 60.7 Å². The Morgan fingerprint density at radius 2 is 1.33 bits per heavy atom. The van der Waals surface area contributed by atoms with Gasteiger partial charge < -0.3 is 31.3 Å².